The molecule has 1 amide bonds. The number of rotatable bonds is 8. The summed E-state index contributed by atoms with van der Waals surface area (Å²) in [6.07, 6.45) is -4.58. The van der Waals surface area contributed by atoms with Gasteiger partial charge in [0.15, 0.2) is 0 Å². The number of nitrogens with zero attached hydrogens (tertiary/aromatic N) is 2. The largest absolute Gasteiger partial charge is 0.435 e. The van der Waals surface area contributed by atoms with Crippen LogP contribution < -0.4 is 15.0 Å². The molecule has 0 radical (unpaired) electrons. The van der Waals surface area contributed by atoms with E-state index >= 15 is 0 Å². The summed E-state index contributed by atoms with van der Waals surface area (Å²) < 4.78 is 97.6. The van der Waals surface area contributed by atoms with Crippen molar-refractivity contribution in [1.82, 2.24) is 10.3 Å². The van der Waals surface area contributed by atoms with Crippen molar-refractivity contribution in [2.24, 2.45) is 0 Å². The number of hydrogen-bond acceptors (Lipinski definition) is 4. The van der Waals surface area contributed by atoms with Gasteiger partial charge in [-0.1, -0.05) is 24.3 Å². The number of nitrogens with one attached hydrogen (secondary N) is 1. The number of alkyl halides is 7. The van der Waals surface area contributed by atoms with E-state index < -0.39 is 47.9 Å². The van der Waals surface area contributed by atoms with E-state index in [-0.39, 0.29) is 23.4 Å². The third-order valence-corrected chi connectivity index (χ3v) is 6.64. The second-order valence-electron chi connectivity index (χ2n) is 10.1. The molecule has 4 rings (SSSR count). The molecule has 1 saturated heterocycles. The van der Waals surface area contributed by atoms with Crippen LogP contribution in [0.25, 0.3) is 0 Å². The average molecular weight is 570 g/mol. The van der Waals surface area contributed by atoms with E-state index in [1.807, 2.05) is 0 Å². The monoisotopic (exact) mass is 569 g/mol. The Morgan fingerprint density at radius 1 is 0.925 bits per heavy atom. The Hall–Kier alpha value is -3.67. The van der Waals surface area contributed by atoms with Gasteiger partial charge in [-0.2, -0.15) is 22.0 Å². The minimum Gasteiger partial charge on any atom is -0.435 e. The fraction of sp³-hybridized carbons (Fsp3) is 0.357. The Bertz CT molecular complexity index is 1350. The van der Waals surface area contributed by atoms with Crippen LogP contribution in [0, 0.1) is 0 Å². The van der Waals surface area contributed by atoms with Crippen molar-refractivity contribution in [3.05, 3.63) is 89.2 Å². The van der Waals surface area contributed by atoms with E-state index in [0.717, 1.165) is 13.0 Å². The standard InChI is InChI=1S/C28H26F7N3O2/c1-26(2,22-8-5-9-23(36-22)28(33,34)35)37-20-15-21(16-6-4-7-17(14-16)27(3,31)32)38(24(20)39)18-10-12-19(13-11-18)40-25(29)30/h4-14,20-21,25,37H,15H2,1-3H3/t20-,21-/m1/s1. The normalized spacial score (nSPS) is 18.5. The number of benzene rings is 2. The molecule has 12 heteroatoms. The number of carbonyl (C=O) groups is 1. The van der Waals surface area contributed by atoms with Gasteiger partial charge in [0.25, 0.3) is 5.92 Å². The molecule has 0 aliphatic carbocycles. The van der Waals surface area contributed by atoms with Crippen LogP contribution in [0.3, 0.4) is 0 Å². The SMILES string of the molecule is CC(F)(F)c1cccc([C@H]2C[C@@H](NC(C)(C)c3cccc(C(F)(F)F)n3)C(=O)N2c2ccc(OC(F)F)cc2)c1. The number of amides is 1. The van der Waals surface area contributed by atoms with Crippen molar-refractivity contribution in [2.45, 2.75) is 63.5 Å². The smallest absolute Gasteiger partial charge is 0.433 e. The van der Waals surface area contributed by atoms with Crippen LogP contribution >= 0.6 is 0 Å². The van der Waals surface area contributed by atoms with E-state index in [4.69, 9.17) is 0 Å². The molecule has 0 spiro atoms. The highest BCUT2D eigenvalue weighted by Crippen LogP contribution is 2.41. The summed E-state index contributed by atoms with van der Waals surface area (Å²) in [6, 6.07) is 12.7. The molecule has 5 nitrogen and oxygen atoms in total. The predicted molar refractivity (Wildman–Crippen MR) is 133 cm³/mol. The maximum atomic E-state index is 14.1. The molecule has 1 N–H and O–H groups in total. The van der Waals surface area contributed by atoms with E-state index in [1.165, 1.54) is 59.5 Å². The molecule has 2 aromatic carbocycles. The van der Waals surface area contributed by atoms with E-state index in [0.29, 0.717) is 11.3 Å². The summed E-state index contributed by atoms with van der Waals surface area (Å²) >= 11 is 0. The van der Waals surface area contributed by atoms with Gasteiger partial charge in [-0.25, -0.2) is 13.8 Å². The van der Waals surface area contributed by atoms with Gasteiger partial charge in [0.2, 0.25) is 5.91 Å². The number of hydrogen-bond donors (Lipinski definition) is 1. The minimum atomic E-state index is -4.66. The van der Waals surface area contributed by atoms with Gasteiger partial charge in [-0.05, 0) is 68.3 Å². The zero-order valence-electron chi connectivity index (χ0n) is 21.6. The summed E-state index contributed by atoms with van der Waals surface area (Å²) in [6.45, 7) is 0.857. The van der Waals surface area contributed by atoms with Crippen LogP contribution in [0.5, 0.6) is 5.75 Å². The zero-order valence-corrected chi connectivity index (χ0v) is 21.6. The van der Waals surface area contributed by atoms with Crippen LogP contribution in [0.1, 0.15) is 55.7 Å². The maximum Gasteiger partial charge on any atom is 0.433 e. The first-order valence-electron chi connectivity index (χ1n) is 12.2. The molecule has 1 fully saturated rings. The Labute approximate surface area is 226 Å². The number of ether oxygens (including phenoxy) is 1. The molecular formula is C28H26F7N3O2. The van der Waals surface area contributed by atoms with Gasteiger partial charge in [0, 0.05) is 18.2 Å². The topological polar surface area (TPSA) is 54.5 Å². The quantitative estimate of drug-likeness (QED) is 0.292. The summed E-state index contributed by atoms with van der Waals surface area (Å²) in [4.78, 5) is 18.8. The van der Waals surface area contributed by atoms with Crippen LogP contribution in [0.15, 0.2) is 66.7 Å². The Morgan fingerprint density at radius 2 is 1.55 bits per heavy atom. The van der Waals surface area contributed by atoms with Crippen LogP contribution in [-0.2, 0) is 22.4 Å². The second kappa shape index (κ2) is 10.7. The van der Waals surface area contributed by atoms with Crippen molar-refractivity contribution < 1.29 is 40.3 Å². The van der Waals surface area contributed by atoms with Gasteiger partial charge in [0.05, 0.1) is 23.3 Å². The lowest BCUT2D eigenvalue weighted by Gasteiger charge is -2.29. The fourth-order valence-electron chi connectivity index (χ4n) is 4.72. The third-order valence-electron chi connectivity index (χ3n) is 6.64. The van der Waals surface area contributed by atoms with Crippen LogP contribution in [-0.4, -0.2) is 23.5 Å². The molecular weight excluding hydrogens is 543 g/mol. The van der Waals surface area contributed by atoms with Gasteiger partial charge in [-0.3, -0.25) is 10.1 Å². The van der Waals surface area contributed by atoms with Gasteiger partial charge >= 0.3 is 12.8 Å². The van der Waals surface area contributed by atoms with Crippen LogP contribution in [0.2, 0.25) is 0 Å². The predicted octanol–water partition coefficient (Wildman–Crippen LogP) is 7.19. The number of halogens is 7. The van der Waals surface area contributed by atoms with Gasteiger partial charge in [0.1, 0.15) is 11.4 Å². The molecule has 214 valence electrons. The molecule has 40 heavy (non-hydrogen) atoms. The van der Waals surface area contributed by atoms with Crippen molar-refractivity contribution in [3.8, 4) is 5.75 Å². The highest BCUT2D eigenvalue weighted by atomic mass is 19.4. The lowest BCUT2D eigenvalue weighted by Crippen LogP contribution is -2.48. The number of pyridine rings is 1. The van der Waals surface area contributed by atoms with Crippen LogP contribution in [0.4, 0.5) is 36.4 Å². The Morgan fingerprint density at radius 3 is 2.15 bits per heavy atom. The first-order chi connectivity index (χ1) is 18.6. The molecule has 3 aromatic rings. The van der Waals surface area contributed by atoms with Crippen molar-refractivity contribution in [3.63, 3.8) is 0 Å². The lowest BCUT2D eigenvalue weighted by molar-refractivity contribution is -0.141. The average Bonchev–Trinajstić information content (AvgIpc) is 3.18. The van der Waals surface area contributed by atoms with E-state index in [2.05, 4.69) is 15.0 Å². The number of carbonyl (C=O) groups excluding carboxylic acids is 1. The number of anilines is 1. The molecule has 0 saturated carbocycles. The fourth-order valence-corrected chi connectivity index (χ4v) is 4.72. The van der Waals surface area contributed by atoms with Gasteiger partial charge in [-0.15, -0.1) is 0 Å². The summed E-state index contributed by atoms with van der Waals surface area (Å²) in [5.41, 5.74) is -1.80. The van der Waals surface area contributed by atoms with Crippen molar-refractivity contribution in [2.75, 3.05) is 4.90 Å². The second-order valence-corrected chi connectivity index (χ2v) is 10.1. The molecule has 1 aromatic heterocycles. The molecule has 1 aliphatic rings. The van der Waals surface area contributed by atoms with Crippen molar-refractivity contribution in [1.29, 1.82) is 0 Å². The maximum absolute atomic E-state index is 14.1. The van der Waals surface area contributed by atoms with E-state index in [9.17, 15) is 35.5 Å². The molecule has 0 unspecified atom stereocenters. The summed E-state index contributed by atoms with van der Waals surface area (Å²) in [7, 11) is 0. The lowest BCUT2D eigenvalue weighted by atomic mass is 9.95. The molecule has 2 heterocycles. The van der Waals surface area contributed by atoms with E-state index in [1.54, 1.807) is 19.9 Å². The number of aromatic nitrogens is 1. The highest BCUT2D eigenvalue weighted by Gasteiger charge is 2.44. The molecule has 0 bridgehead atoms. The Kier molecular flexibility index (Phi) is 7.85. The highest BCUT2D eigenvalue weighted by molar-refractivity contribution is 6.00. The molecule has 1 aliphatic heterocycles. The van der Waals surface area contributed by atoms with Crippen molar-refractivity contribution >= 4 is 11.6 Å². The minimum absolute atomic E-state index is 0.0475. The zero-order chi connectivity index (χ0) is 29.5. The molecule has 2 atom stereocenters. The summed E-state index contributed by atoms with van der Waals surface area (Å²) in [5, 5.41) is 3.09. The Balaban J connectivity index is 1.70. The van der Waals surface area contributed by atoms with Gasteiger partial charge < -0.3 is 9.64 Å². The first-order valence-corrected chi connectivity index (χ1v) is 12.2. The third kappa shape index (κ3) is 6.38. The summed E-state index contributed by atoms with van der Waals surface area (Å²) in [5.74, 6) is -3.77. The first kappa shape index (κ1) is 29.3.